The number of rotatable bonds is 3. The highest BCUT2D eigenvalue weighted by Crippen LogP contribution is 2.28. The van der Waals surface area contributed by atoms with E-state index in [4.69, 9.17) is 16.3 Å². The van der Waals surface area contributed by atoms with Crippen LogP contribution in [0.3, 0.4) is 0 Å². The summed E-state index contributed by atoms with van der Waals surface area (Å²) in [5.41, 5.74) is 0. The maximum atomic E-state index is 12.6. The van der Waals surface area contributed by atoms with Gasteiger partial charge in [-0.3, -0.25) is 0 Å². The van der Waals surface area contributed by atoms with Crippen LogP contribution in [0.25, 0.3) is 0 Å². The molecule has 0 saturated carbocycles. The van der Waals surface area contributed by atoms with E-state index in [0.29, 0.717) is 5.75 Å². The van der Waals surface area contributed by atoms with Crippen molar-refractivity contribution in [3.63, 3.8) is 0 Å². The van der Waals surface area contributed by atoms with Gasteiger partial charge in [0.25, 0.3) is 0 Å². The molecule has 1 aliphatic rings. The molecule has 1 fully saturated rings. The van der Waals surface area contributed by atoms with Gasteiger partial charge in [-0.2, -0.15) is 4.31 Å². The molecule has 0 unspecified atom stereocenters. The van der Waals surface area contributed by atoms with Crippen molar-refractivity contribution in [1.82, 2.24) is 9.21 Å². The van der Waals surface area contributed by atoms with E-state index >= 15 is 0 Å². The number of hydrogen-bond donors (Lipinski definition) is 0. The normalized spacial score (nSPS) is 16.4. The minimum Gasteiger partial charge on any atom is -0.495 e. The van der Waals surface area contributed by atoms with Crippen molar-refractivity contribution in [2.75, 3.05) is 40.4 Å². The number of methoxy groups -OCH3 is 2. The molecule has 7 nitrogen and oxygen atoms in total. The van der Waals surface area contributed by atoms with Crippen molar-refractivity contribution in [3.8, 4) is 5.75 Å². The number of ether oxygens (including phenoxy) is 2. The van der Waals surface area contributed by atoms with Gasteiger partial charge in [0.1, 0.15) is 5.75 Å². The lowest BCUT2D eigenvalue weighted by molar-refractivity contribution is 0.108. The maximum Gasteiger partial charge on any atom is 0.409 e. The lowest BCUT2D eigenvalue weighted by atomic mass is 10.3. The van der Waals surface area contributed by atoms with Crippen LogP contribution in [0.4, 0.5) is 4.79 Å². The smallest absolute Gasteiger partial charge is 0.409 e. The molecule has 2 rings (SSSR count). The van der Waals surface area contributed by atoms with Crippen molar-refractivity contribution < 1.29 is 22.7 Å². The molecule has 0 radical (unpaired) electrons. The van der Waals surface area contributed by atoms with E-state index in [1.165, 1.54) is 41.6 Å². The molecule has 1 saturated heterocycles. The second-order valence-corrected chi connectivity index (χ2v) is 7.00. The molecule has 0 N–H and O–H groups in total. The predicted molar refractivity (Wildman–Crippen MR) is 80.7 cm³/mol. The fourth-order valence-electron chi connectivity index (χ4n) is 2.20. The Morgan fingerprint density at radius 2 is 1.82 bits per heavy atom. The average molecular weight is 349 g/mol. The molecule has 0 aliphatic carbocycles. The number of halogens is 1. The number of piperazine rings is 1. The number of sulfonamides is 1. The van der Waals surface area contributed by atoms with Crippen molar-refractivity contribution in [2.45, 2.75) is 4.90 Å². The van der Waals surface area contributed by atoms with Crippen LogP contribution in [0.5, 0.6) is 5.75 Å². The molecule has 1 heterocycles. The Morgan fingerprint density at radius 1 is 1.18 bits per heavy atom. The predicted octanol–water partition coefficient (Wildman–Crippen LogP) is 1.42. The Labute approximate surface area is 134 Å². The molecule has 9 heteroatoms. The molecule has 0 aromatic heterocycles. The van der Waals surface area contributed by atoms with Gasteiger partial charge in [0, 0.05) is 26.2 Å². The summed E-state index contributed by atoms with van der Waals surface area (Å²) in [6.07, 6.45) is -0.454. The molecule has 122 valence electrons. The highest BCUT2D eigenvalue weighted by molar-refractivity contribution is 7.89. The second-order valence-electron chi connectivity index (χ2n) is 4.66. The quantitative estimate of drug-likeness (QED) is 0.825. The van der Waals surface area contributed by atoms with Gasteiger partial charge in [0.15, 0.2) is 0 Å². The van der Waals surface area contributed by atoms with Crippen LogP contribution >= 0.6 is 11.6 Å². The van der Waals surface area contributed by atoms with Gasteiger partial charge in [0.2, 0.25) is 10.0 Å². The van der Waals surface area contributed by atoms with E-state index in [-0.39, 0.29) is 36.1 Å². The van der Waals surface area contributed by atoms with Crippen LogP contribution in [0, 0.1) is 0 Å². The Morgan fingerprint density at radius 3 is 2.32 bits per heavy atom. The fraction of sp³-hybridized carbons (Fsp3) is 0.462. The largest absolute Gasteiger partial charge is 0.495 e. The summed E-state index contributed by atoms with van der Waals surface area (Å²) in [7, 11) is -0.895. The summed E-state index contributed by atoms with van der Waals surface area (Å²) >= 11 is 5.98. The van der Waals surface area contributed by atoms with Crippen LogP contribution in [-0.4, -0.2) is 64.1 Å². The summed E-state index contributed by atoms with van der Waals surface area (Å²) in [6, 6.07) is 4.33. The van der Waals surface area contributed by atoms with E-state index in [1.807, 2.05) is 0 Å². The average Bonchev–Trinajstić information content (AvgIpc) is 2.54. The molecule has 1 amide bonds. The van der Waals surface area contributed by atoms with Crippen molar-refractivity contribution in [2.24, 2.45) is 0 Å². The minimum absolute atomic E-state index is 0.102. The molecule has 0 atom stereocenters. The first-order chi connectivity index (χ1) is 10.4. The fourth-order valence-corrected chi connectivity index (χ4v) is 3.97. The van der Waals surface area contributed by atoms with E-state index in [0.717, 1.165) is 0 Å². The first-order valence-electron chi connectivity index (χ1n) is 6.56. The van der Waals surface area contributed by atoms with Crippen LogP contribution in [-0.2, 0) is 14.8 Å². The third kappa shape index (κ3) is 3.29. The summed E-state index contributed by atoms with van der Waals surface area (Å²) < 4.78 is 36.1. The number of benzene rings is 1. The highest BCUT2D eigenvalue weighted by Gasteiger charge is 2.30. The van der Waals surface area contributed by atoms with Gasteiger partial charge in [0.05, 0.1) is 24.1 Å². The second kappa shape index (κ2) is 6.72. The summed E-state index contributed by atoms with van der Waals surface area (Å²) in [4.78, 5) is 13.0. The zero-order chi connectivity index (χ0) is 16.3. The zero-order valence-electron chi connectivity index (χ0n) is 12.3. The molecule has 1 aromatic carbocycles. The van der Waals surface area contributed by atoms with E-state index in [9.17, 15) is 13.2 Å². The third-order valence-electron chi connectivity index (χ3n) is 3.43. The first-order valence-corrected chi connectivity index (χ1v) is 8.38. The van der Waals surface area contributed by atoms with E-state index in [2.05, 4.69) is 4.74 Å². The summed E-state index contributed by atoms with van der Waals surface area (Å²) in [5, 5.41) is 0.233. The van der Waals surface area contributed by atoms with Gasteiger partial charge in [-0.05, 0) is 18.2 Å². The molecule has 1 aliphatic heterocycles. The van der Waals surface area contributed by atoms with Gasteiger partial charge >= 0.3 is 6.09 Å². The monoisotopic (exact) mass is 348 g/mol. The zero-order valence-corrected chi connectivity index (χ0v) is 13.9. The Hall–Kier alpha value is -1.51. The standard InChI is InChI=1S/C13H17ClN2O5S/c1-20-12-4-3-10(9-11(12)14)22(18,19)16-7-5-15(6-8-16)13(17)21-2/h3-4,9H,5-8H2,1-2H3. The number of hydrogen-bond acceptors (Lipinski definition) is 5. The number of carbonyl (C=O) groups is 1. The molecule has 0 spiro atoms. The SMILES string of the molecule is COC(=O)N1CCN(S(=O)(=O)c2ccc(OC)c(Cl)c2)CC1. The summed E-state index contributed by atoms with van der Waals surface area (Å²) in [5.74, 6) is 0.413. The van der Waals surface area contributed by atoms with Crippen LogP contribution in [0.1, 0.15) is 0 Å². The third-order valence-corrected chi connectivity index (χ3v) is 5.62. The number of amides is 1. The molecular weight excluding hydrogens is 332 g/mol. The highest BCUT2D eigenvalue weighted by atomic mass is 35.5. The van der Waals surface area contributed by atoms with Gasteiger partial charge in [-0.15, -0.1) is 0 Å². The lowest BCUT2D eigenvalue weighted by Crippen LogP contribution is -2.50. The number of carbonyl (C=O) groups excluding carboxylic acids is 1. The molecule has 22 heavy (non-hydrogen) atoms. The van der Waals surface area contributed by atoms with Crippen LogP contribution in [0.2, 0.25) is 5.02 Å². The van der Waals surface area contributed by atoms with Gasteiger partial charge < -0.3 is 14.4 Å². The van der Waals surface area contributed by atoms with E-state index in [1.54, 1.807) is 0 Å². The van der Waals surface area contributed by atoms with Crippen molar-refractivity contribution >= 4 is 27.7 Å². The Bertz CT molecular complexity index is 656. The first kappa shape index (κ1) is 16.9. The molecule has 1 aromatic rings. The topological polar surface area (TPSA) is 76.2 Å². The Kier molecular flexibility index (Phi) is 5.15. The van der Waals surface area contributed by atoms with Crippen LogP contribution in [0.15, 0.2) is 23.1 Å². The Balaban J connectivity index is 2.15. The number of nitrogens with zero attached hydrogens (tertiary/aromatic N) is 2. The molecule has 0 bridgehead atoms. The van der Waals surface area contributed by atoms with Gasteiger partial charge in [-0.1, -0.05) is 11.6 Å². The van der Waals surface area contributed by atoms with Crippen molar-refractivity contribution in [1.29, 1.82) is 0 Å². The van der Waals surface area contributed by atoms with E-state index < -0.39 is 16.1 Å². The lowest BCUT2D eigenvalue weighted by Gasteiger charge is -2.33. The maximum absolute atomic E-state index is 12.6. The van der Waals surface area contributed by atoms with Crippen LogP contribution < -0.4 is 4.74 Å². The van der Waals surface area contributed by atoms with Crippen molar-refractivity contribution in [3.05, 3.63) is 23.2 Å². The summed E-state index contributed by atoms with van der Waals surface area (Å²) in [6.45, 7) is 0.994. The molecular formula is C13H17ClN2O5S. The van der Waals surface area contributed by atoms with Gasteiger partial charge in [-0.25, -0.2) is 13.2 Å². The minimum atomic E-state index is -3.65.